The van der Waals surface area contributed by atoms with E-state index in [1.165, 1.54) is 36.6 Å². The molecule has 1 heterocycles. The van der Waals surface area contributed by atoms with Crippen LogP contribution in [-0.4, -0.2) is 43.9 Å². The first-order valence-electron chi connectivity index (χ1n) is 8.69. The van der Waals surface area contributed by atoms with Crippen LogP contribution >= 0.6 is 11.3 Å². The SMILES string of the molecule is COCCn1c(=NC(=O)COc2ccccc2F)sc2cc(C(=O)OC)ccc21. The number of benzene rings is 2. The molecule has 0 spiro atoms. The summed E-state index contributed by atoms with van der Waals surface area (Å²) in [5.41, 5.74) is 1.21. The number of aromatic nitrogens is 1. The molecule has 29 heavy (non-hydrogen) atoms. The van der Waals surface area contributed by atoms with Crippen molar-refractivity contribution in [2.24, 2.45) is 4.99 Å². The number of thiazole rings is 1. The van der Waals surface area contributed by atoms with Crippen LogP contribution in [0.4, 0.5) is 4.39 Å². The zero-order valence-corrected chi connectivity index (χ0v) is 16.7. The van der Waals surface area contributed by atoms with Crippen LogP contribution in [0.5, 0.6) is 5.75 Å². The van der Waals surface area contributed by atoms with Crippen LogP contribution in [0.2, 0.25) is 0 Å². The Morgan fingerprint density at radius 3 is 2.69 bits per heavy atom. The van der Waals surface area contributed by atoms with Gasteiger partial charge in [0, 0.05) is 13.7 Å². The van der Waals surface area contributed by atoms with E-state index in [1.54, 1.807) is 31.4 Å². The van der Waals surface area contributed by atoms with Crippen molar-refractivity contribution >= 4 is 33.4 Å². The third-order valence-electron chi connectivity index (χ3n) is 4.03. The van der Waals surface area contributed by atoms with Crippen LogP contribution in [-0.2, 0) is 20.8 Å². The summed E-state index contributed by atoms with van der Waals surface area (Å²) in [6, 6.07) is 10.9. The van der Waals surface area contributed by atoms with Gasteiger partial charge < -0.3 is 18.8 Å². The predicted octanol–water partition coefficient (Wildman–Crippen LogP) is 2.78. The van der Waals surface area contributed by atoms with E-state index in [2.05, 4.69) is 4.99 Å². The fourth-order valence-corrected chi connectivity index (χ4v) is 3.75. The zero-order valence-electron chi connectivity index (χ0n) is 15.9. The number of para-hydroxylation sites is 1. The summed E-state index contributed by atoms with van der Waals surface area (Å²) < 4.78 is 31.3. The summed E-state index contributed by atoms with van der Waals surface area (Å²) in [6.07, 6.45) is 0. The lowest BCUT2D eigenvalue weighted by Crippen LogP contribution is -2.21. The molecule has 9 heteroatoms. The van der Waals surface area contributed by atoms with Gasteiger partial charge in [-0.1, -0.05) is 23.5 Å². The Balaban J connectivity index is 1.91. The minimum atomic E-state index is -0.556. The number of hydrogen-bond donors (Lipinski definition) is 0. The zero-order chi connectivity index (χ0) is 20.8. The number of fused-ring (bicyclic) bond motifs is 1. The van der Waals surface area contributed by atoms with Gasteiger partial charge in [0.1, 0.15) is 0 Å². The average Bonchev–Trinajstić information content (AvgIpc) is 3.06. The van der Waals surface area contributed by atoms with Gasteiger partial charge in [0.05, 0.1) is 29.5 Å². The minimum Gasteiger partial charge on any atom is -0.481 e. The van der Waals surface area contributed by atoms with Crippen molar-refractivity contribution in [3.63, 3.8) is 0 Å². The van der Waals surface area contributed by atoms with Crippen molar-refractivity contribution in [1.29, 1.82) is 0 Å². The lowest BCUT2D eigenvalue weighted by molar-refractivity contribution is -0.120. The van der Waals surface area contributed by atoms with Gasteiger partial charge in [0.25, 0.3) is 5.91 Å². The van der Waals surface area contributed by atoms with E-state index >= 15 is 0 Å². The molecule has 0 N–H and O–H groups in total. The Bertz CT molecular complexity index is 1110. The summed E-state index contributed by atoms with van der Waals surface area (Å²) in [5, 5.41) is 0. The molecular weight excluding hydrogens is 399 g/mol. The molecule has 3 rings (SSSR count). The Morgan fingerprint density at radius 1 is 1.17 bits per heavy atom. The van der Waals surface area contributed by atoms with Crippen LogP contribution in [0.3, 0.4) is 0 Å². The summed E-state index contributed by atoms with van der Waals surface area (Å²) in [5.74, 6) is -1.56. The standard InChI is InChI=1S/C20H19FN2O5S/c1-26-10-9-23-15-8-7-13(19(25)27-2)11-17(15)29-20(23)22-18(24)12-28-16-6-4-3-5-14(16)21/h3-8,11H,9-10,12H2,1-2H3. The van der Waals surface area contributed by atoms with Crippen LogP contribution < -0.4 is 9.54 Å². The van der Waals surface area contributed by atoms with Gasteiger partial charge in [0.2, 0.25) is 0 Å². The molecular formula is C20H19FN2O5S. The number of ether oxygens (including phenoxy) is 3. The highest BCUT2D eigenvalue weighted by Gasteiger charge is 2.12. The number of hydrogen-bond acceptors (Lipinski definition) is 6. The lowest BCUT2D eigenvalue weighted by Gasteiger charge is -2.05. The molecule has 0 aliphatic heterocycles. The Morgan fingerprint density at radius 2 is 1.97 bits per heavy atom. The van der Waals surface area contributed by atoms with Gasteiger partial charge in [-0.15, -0.1) is 0 Å². The molecule has 0 saturated heterocycles. The highest BCUT2D eigenvalue weighted by Crippen LogP contribution is 2.20. The van der Waals surface area contributed by atoms with Gasteiger partial charge in [-0.05, 0) is 30.3 Å². The number of carbonyl (C=O) groups excluding carboxylic acids is 2. The highest BCUT2D eigenvalue weighted by molar-refractivity contribution is 7.16. The normalized spacial score (nSPS) is 11.6. The third-order valence-corrected chi connectivity index (χ3v) is 5.07. The van der Waals surface area contributed by atoms with Gasteiger partial charge in [-0.2, -0.15) is 4.99 Å². The molecule has 0 aliphatic carbocycles. The third kappa shape index (κ3) is 4.87. The van der Waals surface area contributed by atoms with Crippen LogP contribution in [0, 0.1) is 5.82 Å². The van der Waals surface area contributed by atoms with Gasteiger partial charge >= 0.3 is 5.97 Å². The van der Waals surface area contributed by atoms with E-state index in [1.807, 2.05) is 4.57 Å². The number of methoxy groups -OCH3 is 2. The largest absolute Gasteiger partial charge is 0.481 e. The maximum atomic E-state index is 13.6. The molecule has 0 atom stereocenters. The summed E-state index contributed by atoms with van der Waals surface area (Å²) in [7, 11) is 2.89. The second kappa shape index (κ2) is 9.44. The molecule has 0 unspecified atom stereocenters. The maximum Gasteiger partial charge on any atom is 0.337 e. The number of nitrogens with zero attached hydrogens (tertiary/aromatic N) is 2. The van der Waals surface area contributed by atoms with Crippen LogP contribution in [0.1, 0.15) is 10.4 Å². The van der Waals surface area contributed by atoms with E-state index in [0.717, 1.165) is 10.2 Å². The number of amides is 1. The van der Waals surface area contributed by atoms with E-state index in [0.29, 0.717) is 23.5 Å². The molecule has 152 valence electrons. The van der Waals surface area contributed by atoms with Crippen molar-refractivity contribution in [1.82, 2.24) is 4.57 Å². The van der Waals surface area contributed by atoms with E-state index in [9.17, 15) is 14.0 Å². The molecule has 0 fully saturated rings. The van der Waals surface area contributed by atoms with Crippen molar-refractivity contribution in [3.8, 4) is 5.75 Å². The van der Waals surface area contributed by atoms with E-state index in [4.69, 9.17) is 14.2 Å². The summed E-state index contributed by atoms with van der Waals surface area (Å²) >= 11 is 1.25. The van der Waals surface area contributed by atoms with Gasteiger partial charge in [-0.3, -0.25) is 4.79 Å². The van der Waals surface area contributed by atoms with Crippen molar-refractivity contribution in [2.45, 2.75) is 6.54 Å². The first-order valence-corrected chi connectivity index (χ1v) is 9.50. The maximum absolute atomic E-state index is 13.6. The Kier molecular flexibility index (Phi) is 6.73. The second-order valence-corrected chi connectivity index (χ2v) is 6.94. The molecule has 7 nitrogen and oxygen atoms in total. The van der Waals surface area contributed by atoms with E-state index in [-0.39, 0.29) is 5.75 Å². The Labute approximate surface area is 170 Å². The molecule has 0 saturated carbocycles. The monoisotopic (exact) mass is 418 g/mol. The predicted molar refractivity (Wildman–Crippen MR) is 105 cm³/mol. The smallest absolute Gasteiger partial charge is 0.337 e. The van der Waals surface area contributed by atoms with Gasteiger partial charge in [0.15, 0.2) is 23.0 Å². The quantitative estimate of drug-likeness (QED) is 0.552. The first kappa shape index (κ1) is 20.7. The molecule has 3 aromatic rings. The number of esters is 1. The second-order valence-electron chi connectivity index (χ2n) is 5.93. The number of halogens is 1. The molecule has 0 radical (unpaired) electrons. The fourth-order valence-electron chi connectivity index (χ4n) is 2.64. The molecule has 2 aromatic carbocycles. The number of rotatable bonds is 7. The molecule has 1 aromatic heterocycles. The first-order chi connectivity index (χ1) is 14.0. The molecule has 1 amide bonds. The van der Waals surface area contributed by atoms with Crippen molar-refractivity contribution < 1.29 is 28.2 Å². The summed E-state index contributed by atoms with van der Waals surface area (Å²) in [4.78, 5) is 28.6. The number of carbonyl (C=O) groups is 2. The lowest BCUT2D eigenvalue weighted by atomic mass is 10.2. The highest BCUT2D eigenvalue weighted by atomic mass is 32.1. The molecule has 0 bridgehead atoms. The Hall–Kier alpha value is -3.04. The van der Waals surface area contributed by atoms with Crippen LogP contribution in [0.25, 0.3) is 10.2 Å². The van der Waals surface area contributed by atoms with Crippen molar-refractivity contribution in [2.75, 3.05) is 27.4 Å². The minimum absolute atomic E-state index is 0.0117. The van der Waals surface area contributed by atoms with E-state index < -0.39 is 24.3 Å². The van der Waals surface area contributed by atoms with Crippen LogP contribution in [0.15, 0.2) is 47.5 Å². The fraction of sp³-hybridized carbons (Fsp3) is 0.250. The summed E-state index contributed by atoms with van der Waals surface area (Å²) in [6.45, 7) is 0.485. The average molecular weight is 418 g/mol. The molecule has 0 aliphatic rings. The topological polar surface area (TPSA) is 79.1 Å². The van der Waals surface area contributed by atoms with Crippen molar-refractivity contribution in [3.05, 3.63) is 58.6 Å². The van der Waals surface area contributed by atoms with Gasteiger partial charge in [-0.25, -0.2) is 9.18 Å².